The molecule has 0 aliphatic carbocycles. The Hall–Kier alpha value is -1.77. The van der Waals surface area contributed by atoms with Gasteiger partial charge in [0, 0.05) is 6.07 Å². The normalized spacial score (nSPS) is 9.88. The molecule has 3 nitrogen and oxygen atoms in total. The predicted molar refractivity (Wildman–Crippen MR) is 67.8 cm³/mol. The van der Waals surface area contributed by atoms with Crippen LogP contribution in [0.4, 0.5) is 0 Å². The van der Waals surface area contributed by atoms with Crippen LogP contribution in [0.1, 0.15) is 36.7 Å². The zero-order chi connectivity index (χ0) is 13.0. The van der Waals surface area contributed by atoms with Crippen LogP contribution in [-0.4, -0.2) is 18.0 Å². The predicted octanol–water partition coefficient (Wildman–Crippen LogP) is 3.11. The van der Waals surface area contributed by atoms with E-state index in [1.54, 1.807) is 13.2 Å². The van der Waals surface area contributed by atoms with Gasteiger partial charge < -0.3 is 9.84 Å². The Morgan fingerprint density at radius 1 is 1.35 bits per heavy atom. The van der Waals surface area contributed by atoms with Gasteiger partial charge in [-0.2, -0.15) is 0 Å². The minimum Gasteiger partial charge on any atom is -0.507 e. The van der Waals surface area contributed by atoms with Crippen molar-refractivity contribution < 1.29 is 14.6 Å². The van der Waals surface area contributed by atoms with E-state index in [0.717, 1.165) is 5.56 Å². The Morgan fingerprint density at radius 3 is 2.47 bits per heavy atom. The van der Waals surface area contributed by atoms with Crippen molar-refractivity contribution in [3.63, 3.8) is 0 Å². The van der Waals surface area contributed by atoms with Crippen molar-refractivity contribution in [2.75, 3.05) is 7.11 Å². The zero-order valence-corrected chi connectivity index (χ0v) is 10.7. The number of phenolic OH excluding ortho intramolecular Hbond substituents is 1. The van der Waals surface area contributed by atoms with Crippen LogP contribution in [0.2, 0.25) is 0 Å². The van der Waals surface area contributed by atoms with Gasteiger partial charge >= 0.3 is 0 Å². The van der Waals surface area contributed by atoms with Crippen LogP contribution in [0.3, 0.4) is 0 Å². The van der Waals surface area contributed by atoms with Crippen LogP contribution in [-0.2, 0) is 6.42 Å². The van der Waals surface area contributed by atoms with Crippen LogP contribution in [0.25, 0.3) is 0 Å². The van der Waals surface area contributed by atoms with Gasteiger partial charge in [-0.1, -0.05) is 11.6 Å². The molecule has 0 aromatic heterocycles. The maximum absolute atomic E-state index is 11.3. The summed E-state index contributed by atoms with van der Waals surface area (Å²) in [5.74, 6) is 0.420. The molecular weight excluding hydrogens is 216 g/mol. The lowest BCUT2D eigenvalue weighted by Crippen LogP contribution is -1.98. The Labute approximate surface area is 102 Å². The van der Waals surface area contributed by atoms with Crippen molar-refractivity contribution in [3.05, 3.63) is 34.9 Å². The standard InChI is InChI=1S/C14H18O3/c1-9(2)5-6-11-7-12(10(3)15)13(16)8-14(11)17-4/h5,7-8,16H,6H2,1-4H3. The van der Waals surface area contributed by atoms with Gasteiger partial charge in [-0.05, 0) is 38.8 Å². The number of benzene rings is 1. The molecule has 3 heteroatoms. The highest BCUT2D eigenvalue weighted by Gasteiger charge is 2.12. The van der Waals surface area contributed by atoms with E-state index in [4.69, 9.17) is 4.74 Å². The maximum Gasteiger partial charge on any atom is 0.163 e. The molecule has 1 aromatic rings. The minimum absolute atomic E-state index is 0.0321. The molecule has 0 fully saturated rings. The Kier molecular flexibility index (Phi) is 4.32. The first kappa shape index (κ1) is 13.3. The molecule has 1 N–H and O–H groups in total. The molecule has 0 heterocycles. The number of carbonyl (C=O) groups is 1. The topological polar surface area (TPSA) is 46.5 Å². The summed E-state index contributed by atoms with van der Waals surface area (Å²) in [6.45, 7) is 5.46. The van der Waals surface area contributed by atoms with Crippen molar-refractivity contribution in [1.29, 1.82) is 0 Å². The number of allylic oxidation sites excluding steroid dienone is 2. The average Bonchev–Trinajstić information content (AvgIpc) is 2.26. The first-order valence-corrected chi connectivity index (χ1v) is 5.50. The summed E-state index contributed by atoms with van der Waals surface area (Å²) in [6.07, 6.45) is 2.74. The molecule has 0 radical (unpaired) electrons. The van der Waals surface area contributed by atoms with Gasteiger partial charge in [0.15, 0.2) is 5.78 Å². The van der Waals surface area contributed by atoms with Crippen LogP contribution in [0, 0.1) is 0 Å². The smallest absolute Gasteiger partial charge is 0.163 e. The van der Waals surface area contributed by atoms with Gasteiger partial charge in [0.05, 0.1) is 12.7 Å². The van der Waals surface area contributed by atoms with E-state index < -0.39 is 0 Å². The molecule has 0 aliphatic heterocycles. The first-order chi connectivity index (χ1) is 7.95. The fourth-order valence-electron chi connectivity index (χ4n) is 1.56. The molecule has 92 valence electrons. The van der Waals surface area contributed by atoms with Crippen LogP contribution >= 0.6 is 0 Å². The largest absolute Gasteiger partial charge is 0.507 e. The average molecular weight is 234 g/mol. The maximum atomic E-state index is 11.3. The summed E-state index contributed by atoms with van der Waals surface area (Å²) in [4.78, 5) is 11.3. The SMILES string of the molecule is COc1cc(O)c(C(C)=O)cc1CC=C(C)C. The number of ketones is 1. The lowest BCUT2D eigenvalue weighted by atomic mass is 10.0. The van der Waals surface area contributed by atoms with Gasteiger partial charge in [0.25, 0.3) is 0 Å². The lowest BCUT2D eigenvalue weighted by molar-refractivity contribution is 0.101. The molecule has 0 unspecified atom stereocenters. The van der Waals surface area contributed by atoms with Crippen molar-refractivity contribution in [1.82, 2.24) is 0 Å². The lowest BCUT2D eigenvalue weighted by Gasteiger charge is -2.10. The number of rotatable bonds is 4. The van der Waals surface area contributed by atoms with Crippen molar-refractivity contribution in [2.45, 2.75) is 27.2 Å². The summed E-state index contributed by atoms with van der Waals surface area (Å²) in [5.41, 5.74) is 2.43. The second-order valence-electron chi connectivity index (χ2n) is 4.22. The number of phenols is 1. The summed E-state index contributed by atoms with van der Waals surface area (Å²) in [5, 5.41) is 9.68. The van der Waals surface area contributed by atoms with Gasteiger partial charge in [-0.25, -0.2) is 0 Å². The number of methoxy groups -OCH3 is 1. The second kappa shape index (κ2) is 5.53. The van der Waals surface area contributed by atoms with E-state index in [0.29, 0.717) is 17.7 Å². The van der Waals surface area contributed by atoms with E-state index in [1.807, 2.05) is 13.8 Å². The summed E-state index contributed by atoms with van der Waals surface area (Å²) in [6, 6.07) is 3.18. The summed E-state index contributed by atoms with van der Waals surface area (Å²) in [7, 11) is 1.55. The number of aromatic hydroxyl groups is 1. The molecule has 0 spiro atoms. The van der Waals surface area contributed by atoms with Crippen LogP contribution < -0.4 is 4.74 Å². The second-order valence-corrected chi connectivity index (χ2v) is 4.22. The van der Waals surface area contributed by atoms with Gasteiger partial charge in [0.2, 0.25) is 0 Å². The van der Waals surface area contributed by atoms with E-state index >= 15 is 0 Å². The third-order valence-electron chi connectivity index (χ3n) is 2.51. The fourth-order valence-corrected chi connectivity index (χ4v) is 1.56. The molecular formula is C14H18O3. The molecule has 1 aromatic carbocycles. The number of ether oxygens (including phenoxy) is 1. The first-order valence-electron chi connectivity index (χ1n) is 5.50. The molecule has 17 heavy (non-hydrogen) atoms. The fraction of sp³-hybridized carbons (Fsp3) is 0.357. The van der Waals surface area contributed by atoms with Gasteiger partial charge in [-0.3, -0.25) is 4.79 Å². The van der Waals surface area contributed by atoms with Crippen molar-refractivity contribution in [3.8, 4) is 11.5 Å². The highest BCUT2D eigenvalue weighted by atomic mass is 16.5. The highest BCUT2D eigenvalue weighted by molar-refractivity contribution is 5.97. The quantitative estimate of drug-likeness (QED) is 0.643. The highest BCUT2D eigenvalue weighted by Crippen LogP contribution is 2.29. The van der Waals surface area contributed by atoms with Gasteiger partial charge in [0.1, 0.15) is 11.5 Å². The summed E-state index contributed by atoms with van der Waals surface area (Å²) >= 11 is 0. The molecule has 1 rings (SSSR count). The number of hydrogen-bond donors (Lipinski definition) is 1. The monoisotopic (exact) mass is 234 g/mol. The van der Waals surface area contributed by atoms with E-state index in [1.165, 1.54) is 18.6 Å². The number of Topliss-reactive ketones (excluding diaryl/α,β-unsaturated/α-hetero) is 1. The van der Waals surface area contributed by atoms with Crippen LogP contribution in [0.5, 0.6) is 11.5 Å². The van der Waals surface area contributed by atoms with Crippen LogP contribution in [0.15, 0.2) is 23.8 Å². The third-order valence-corrected chi connectivity index (χ3v) is 2.51. The third kappa shape index (κ3) is 3.34. The van der Waals surface area contributed by atoms with Crippen molar-refractivity contribution >= 4 is 5.78 Å². The molecule has 0 bridgehead atoms. The van der Waals surface area contributed by atoms with E-state index in [2.05, 4.69) is 6.08 Å². The molecule has 0 amide bonds. The number of hydrogen-bond acceptors (Lipinski definition) is 3. The van der Waals surface area contributed by atoms with E-state index in [9.17, 15) is 9.90 Å². The molecule has 0 aliphatic rings. The Balaban J connectivity index is 3.21. The van der Waals surface area contributed by atoms with E-state index in [-0.39, 0.29) is 11.5 Å². The number of carbonyl (C=O) groups excluding carboxylic acids is 1. The zero-order valence-electron chi connectivity index (χ0n) is 10.7. The molecule has 0 saturated carbocycles. The molecule has 0 atom stereocenters. The van der Waals surface area contributed by atoms with Crippen molar-refractivity contribution in [2.24, 2.45) is 0 Å². The summed E-state index contributed by atoms with van der Waals surface area (Å²) < 4.78 is 5.19. The Bertz CT molecular complexity index is 455. The Morgan fingerprint density at radius 2 is 2.00 bits per heavy atom. The molecule has 0 saturated heterocycles. The minimum atomic E-state index is -0.149. The van der Waals surface area contributed by atoms with Gasteiger partial charge in [-0.15, -0.1) is 0 Å².